The van der Waals surface area contributed by atoms with Crippen LogP contribution in [0, 0.1) is 11.3 Å². The smallest absolute Gasteiger partial charge is 0.239 e. The maximum absolute atomic E-state index is 11.6. The minimum atomic E-state index is -3.52. The maximum atomic E-state index is 11.6. The molecule has 6 heteroatoms. The Morgan fingerprint density at radius 1 is 1.30 bits per heavy atom. The molecule has 1 aromatic rings. The summed E-state index contributed by atoms with van der Waals surface area (Å²) < 4.78 is 23.0. The van der Waals surface area contributed by atoms with Gasteiger partial charge in [0, 0.05) is 12.1 Å². The van der Waals surface area contributed by atoms with Crippen LogP contribution in [-0.4, -0.2) is 25.8 Å². The van der Waals surface area contributed by atoms with Crippen LogP contribution in [-0.2, 0) is 14.6 Å². The van der Waals surface area contributed by atoms with Gasteiger partial charge in [0.2, 0.25) is 5.91 Å². The first-order valence-corrected chi connectivity index (χ1v) is 8.13. The SMILES string of the molecule is CC(C)c1ccc(NC(=O)CS(=O)(=O)CCC#N)cc1. The number of sulfone groups is 1. The molecule has 20 heavy (non-hydrogen) atoms. The molecular formula is C14H18N2O3S. The summed E-state index contributed by atoms with van der Waals surface area (Å²) in [5.74, 6) is -1.07. The highest BCUT2D eigenvalue weighted by atomic mass is 32.2. The predicted octanol–water partition coefficient (Wildman–Crippen LogP) is 2.08. The van der Waals surface area contributed by atoms with Gasteiger partial charge in [-0.1, -0.05) is 26.0 Å². The first kappa shape index (κ1) is 16.2. The Labute approximate surface area is 119 Å². The normalized spacial score (nSPS) is 11.1. The summed E-state index contributed by atoms with van der Waals surface area (Å²) in [6.45, 7) is 4.13. The van der Waals surface area contributed by atoms with E-state index in [1.54, 1.807) is 18.2 Å². The number of carbonyl (C=O) groups excluding carboxylic acids is 1. The zero-order chi connectivity index (χ0) is 15.2. The summed E-state index contributed by atoms with van der Waals surface area (Å²) in [5, 5.41) is 10.9. The number of carbonyl (C=O) groups is 1. The van der Waals surface area contributed by atoms with E-state index in [4.69, 9.17) is 5.26 Å². The van der Waals surface area contributed by atoms with Crippen molar-refractivity contribution in [2.75, 3.05) is 16.8 Å². The second-order valence-electron chi connectivity index (χ2n) is 4.83. The summed E-state index contributed by atoms with van der Waals surface area (Å²) in [6.07, 6.45) is -0.0985. The third-order valence-corrected chi connectivity index (χ3v) is 4.27. The molecule has 0 radical (unpaired) electrons. The van der Waals surface area contributed by atoms with E-state index >= 15 is 0 Å². The lowest BCUT2D eigenvalue weighted by molar-refractivity contribution is -0.113. The molecule has 0 spiro atoms. The number of rotatable bonds is 6. The van der Waals surface area contributed by atoms with Crippen LogP contribution < -0.4 is 5.32 Å². The Morgan fingerprint density at radius 3 is 2.40 bits per heavy atom. The highest BCUT2D eigenvalue weighted by molar-refractivity contribution is 7.92. The molecule has 0 aliphatic rings. The summed E-state index contributed by atoms with van der Waals surface area (Å²) >= 11 is 0. The van der Waals surface area contributed by atoms with Crippen LogP contribution in [0.5, 0.6) is 0 Å². The minimum Gasteiger partial charge on any atom is -0.325 e. The van der Waals surface area contributed by atoms with Crippen LogP contribution >= 0.6 is 0 Å². The first-order valence-electron chi connectivity index (χ1n) is 6.31. The number of nitriles is 1. The fourth-order valence-corrected chi connectivity index (χ4v) is 2.64. The largest absolute Gasteiger partial charge is 0.325 e. The van der Waals surface area contributed by atoms with Crippen molar-refractivity contribution in [1.82, 2.24) is 0 Å². The van der Waals surface area contributed by atoms with E-state index in [0.29, 0.717) is 11.6 Å². The average Bonchev–Trinajstić information content (AvgIpc) is 2.36. The van der Waals surface area contributed by atoms with Crippen LogP contribution in [0.4, 0.5) is 5.69 Å². The van der Waals surface area contributed by atoms with Gasteiger partial charge in [0.1, 0.15) is 5.75 Å². The lowest BCUT2D eigenvalue weighted by Crippen LogP contribution is -2.24. The molecule has 0 heterocycles. The van der Waals surface area contributed by atoms with Crippen molar-refractivity contribution in [3.63, 3.8) is 0 Å². The van der Waals surface area contributed by atoms with Gasteiger partial charge >= 0.3 is 0 Å². The lowest BCUT2D eigenvalue weighted by atomic mass is 10.0. The van der Waals surface area contributed by atoms with E-state index in [0.717, 1.165) is 5.56 Å². The molecule has 5 nitrogen and oxygen atoms in total. The Balaban J connectivity index is 2.61. The molecule has 0 saturated carbocycles. The Kier molecular flexibility index (Phi) is 5.71. The van der Waals surface area contributed by atoms with Crippen molar-refractivity contribution >= 4 is 21.4 Å². The molecule has 0 fully saturated rings. The second kappa shape index (κ2) is 7.06. The number of benzene rings is 1. The molecule has 1 N–H and O–H groups in total. The average molecular weight is 294 g/mol. The standard InChI is InChI=1S/C14H18N2O3S/c1-11(2)12-4-6-13(7-5-12)16-14(17)10-20(18,19)9-3-8-15/h4-7,11H,3,9-10H2,1-2H3,(H,16,17). The van der Waals surface area contributed by atoms with E-state index < -0.39 is 21.5 Å². The Morgan fingerprint density at radius 2 is 1.90 bits per heavy atom. The third kappa shape index (κ3) is 5.41. The molecule has 0 bridgehead atoms. The number of nitrogens with zero attached hydrogens (tertiary/aromatic N) is 1. The van der Waals surface area contributed by atoms with Gasteiger partial charge in [0.05, 0.1) is 11.8 Å². The molecule has 1 aromatic carbocycles. The van der Waals surface area contributed by atoms with Crippen LogP contribution in [0.25, 0.3) is 0 Å². The van der Waals surface area contributed by atoms with Gasteiger partial charge in [0.25, 0.3) is 0 Å². The third-order valence-electron chi connectivity index (χ3n) is 2.74. The van der Waals surface area contributed by atoms with Crippen LogP contribution in [0.15, 0.2) is 24.3 Å². The van der Waals surface area contributed by atoms with E-state index in [-0.39, 0.29) is 12.2 Å². The van der Waals surface area contributed by atoms with Crippen LogP contribution in [0.1, 0.15) is 31.7 Å². The van der Waals surface area contributed by atoms with E-state index in [1.807, 2.05) is 12.1 Å². The molecule has 1 amide bonds. The van der Waals surface area contributed by atoms with Crippen LogP contribution in [0.3, 0.4) is 0 Å². The maximum Gasteiger partial charge on any atom is 0.239 e. The Bertz CT molecular complexity index is 598. The van der Waals surface area contributed by atoms with E-state index in [1.165, 1.54) is 0 Å². The topological polar surface area (TPSA) is 87.0 Å². The summed E-state index contributed by atoms with van der Waals surface area (Å²) in [7, 11) is -3.52. The van der Waals surface area contributed by atoms with Gasteiger partial charge in [0.15, 0.2) is 9.84 Å². The van der Waals surface area contributed by atoms with Gasteiger partial charge in [-0.25, -0.2) is 8.42 Å². The highest BCUT2D eigenvalue weighted by Crippen LogP contribution is 2.17. The minimum absolute atomic E-state index is 0.0985. The summed E-state index contributed by atoms with van der Waals surface area (Å²) in [4.78, 5) is 11.6. The van der Waals surface area contributed by atoms with E-state index in [2.05, 4.69) is 19.2 Å². The monoisotopic (exact) mass is 294 g/mol. The first-order chi connectivity index (χ1) is 9.34. The molecule has 0 aromatic heterocycles. The zero-order valence-electron chi connectivity index (χ0n) is 11.6. The molecule has 0 saturated heterocycles. The van der Waals surface area contributed by atoms with Crippen LogP contribution in [0.2, 0.25) is 0 Å². The highest BCUT2D eigenvalue weighted by Gasteiger charge is 2.16. The molecule has 0 unspecified atom stereocenters. The van der Waals surface area contributed by atoms with Gasteiger partial charge in [-0.15, -0.1) is 0 Å². The number of anilines is 1. The number of hydrogen-bond acceptors (Lipinski definition) is 4. The number of amides is 1. The fourth-order valence-electron chi connectivity index (χ4n) is 1.62. The fraction of sp³-hybridized carbons (Fsp3) is 0.429. The summed E-state index contributed by atoms with van der Waals surface area (Å²) in [5.41, 5.74) is 1.71. The zero-order valence-corrected chi connectivity index (χ0v) is 12.4. The number of nitrogens with one attached hydrogen (secondary N) is 1. The predicted molar refractivity (Wildman–Crippen MR) is 78.0 cm³/mol. The van der Waals surface area contributed by atoms with Gasteiger partial charge < -0.3 is 5.32 Å². The summed E-state index contributed by atoms with van der Waals surface area (Å²) in [6, 6.07) is 9.03. The van der Waals surface area contributed by atoms with Crippen molar-refractivity contribution in [3.8, 4) is 6.07 Å². The van der Waals surface area contributed by atoms with Crippen molar-refractivity contribution in [1.29, 1.82) is 5.26 Å². The number of hydrogen-bond donors (Lipinski definition) is 1. The molecular weight excluding hydrogens is 276 g/mol. The molecule has 0 aliphatic carbocycles. The quantitative estimate of drug-likeness (QED) is 0.870. The lowest BCUT2D eigenvalue weighted by Gasteiger charge is -2.08. The van der Waals surface area contributed by atoms with Crippen molar-refractivity contribution in [3.05, 3.63) is 29.8 Å². The molecule has 108 valence electrons. The molecule has 1 rings (SSSR count). The Hall–Kier alpha value is -1.87. The van der Waals surface area contributed by atoms with Crippen molar-refractivity contribution in [2.24, 2.45) is 0 Å². The van der Waals surface area contributed by atoms with Gasteiger partial charge in [-0.05, 0) is 23.6 Å². The van der Waals surface area contributed by atoms with Crippen molar-refractivity contribution < 1.29 is 13.2 Å². The molecule has 0 aliphatic heterocycles. The van der Waals surface area contributed by atoms with Gasteiger partial charge in [-0.3, -0.25) is 4.79 Å². The molecule has 0 atom stereocenters. The second-order valence-corrected chi connectivity index (χ2v) is 7.01. The van der Waals surface area contributed by atoms with Gasteiger partial charge in [-0.2, -0.15) is 5.26 Å². The van der Waals surface area contributed by atoms with Crippen molar-refractivity contribution in [2.45, 2.75) is 26.2 Å². The van der Waals surface area contributed by atoms with E-state index in [9.17, 15) is 13.2 Å².